The van der Waals surface area contributed by atoms with Crippen LogP contribution in [0.3, 0.4) is 0 Å². The van der Waals surface area contributed by atoms with Crippen LogP contribution in [0, 0.1) is 10.1 Å². The van der Waals surface area contributed by atoms with Crippen molar-refractivity contribution in [2.75, 3.05) is 7.11 Å². The fourth-order valence-corrected chi connectivity index (χ4v) is 2.95. The zero-order valence-corrected chi connectivity index (χ0v) is 15.8. The first kappa shape index (κ1) is 19.9. The van der Waals surface area contributed by atoms with E-state index in [4.69, 9.17) is 9.47 Å². The van der Waals surface area contributed by atoms with Crippen LogP contribution in [0.4, 0.5) is 10.5 Å². The van der Waals surface area contributed by atoms with Crippen molar-refractivity contribution < 1.29 is 24.0 Å². The number of allylic oxidation sites excluding steroid dienone is 1. The Morgan fingerprint density at radius 2 is 1.79 bits per heavy atom. The maximum absolute atomic E-state index is 12.8. The monoisotopic (exact) mass is 397 g/mol. The minimum Gasteiger partial charge on any atom is -0.497 e. The molecule has 150 valence electrons. The Bertz CT molecular complexity index is 967. The largest absolute Gasteiger partial charge is 0.497 e. The first-order valence-electron chi connectivity index (χ1n) is 8.71. The van der Waals surface area contributed by atoms with Crippen molar-refractivity contribution in [3.8, 4) is 5.75 Å². The highest BCUT2D eigenvalue weighted by Gasteiger charge is 2.32. The van der Waals surface area contributed by atoms with Crippen LogP contribution >= 0.6 is 0 Å². The van der Waals surface area contributed by atoms with Crippen LogP contribution < -0.4 is 15.4 Å². The SMILES string of the molecule is COc1ccc(COC(=O)C2=C(C)NC(=O)NC2c2ccc([N+](=O)[O-])cc2)cc1. The van der Waals surface area contributed by atoms with Crippen molar-refractivity contribution in [1.82, 2.24) is 10.6 Å². The van der Waals surface area contributed by atoms with Crippen LogP contribution in [0.5, 0.6) is 5.75 Å². The van der Waals surface area contributed by atoms with Crippen LogP contribution in [0.25, 0.3) is 0 Å². The van der Waals surface area contributed by atoms with Crippen LogP contribution in [-0.2, 0) is 16.1 Å². The smallest absolute Gasteiger partial charge is 0.338 e. The molecule has 1 aliphatic rings. The number of nitrogens with one attached hydrogen (secondary N) is 2. The fourth-order valence-electron chi connectivity index (χ4n) is 2.95. The lowest BCUT2D eigenvalue weighted by Crippen LogP contribution is -2.45. The third-order valence-electron chi connectivity index (χ3n) is 4.46. The number of amides is 2. The molecular weight excluding hydrogens is 378 g/mol. The molecule has 2 N–H and O–H groups in total. The lowest BCUT2D eigenvalue weighted by molar-refractivity contribution is -0.384. The van der Waals surface area contributed by atoms with Gasteiger partial charge in [0.25, 0.3) is 5.69 Å². The Kier molecular flexibility index (Phi) is 5.77. The van der Waals surface area contributed by atoms with Gasteiger partial charge in [-0.1, -0.05) is 12.1 Å². The summed E-state index contributed by atoms with van der Waals surface area (Å²) in [6, 6.07) is 11.5. The zero-order valence-electron chi connectivity index (χ0n) is 15.8. The number of methoxy groups -OCH3 is 1. The molecule has 1 heterocycles. The molecule has 0 radical (unpaired) electrons. The lowest BCUT2D eigenvalue weighted by Gasteiger charge is -2.28. The van der Waals surface area contributed by atoms with Crippen molar-refractivity contribution >= 4 is 17.7 Å². The molecule has 0 aliphatic carbocycles. The summed E-state index contributed by atoms with van der Waals surface area (Å²) >= 11 is 0. The van der Waals surface area contributed by atoms with Crippen molar-refractivity contribution in [3.63, 3.8) is 0 Å². The third-order valence-corrected chi connectivity index (χ3v) is 4.46. The molecule has 0 saturated heterocycles. The highest BCUT2D eigenvalue weighted by atomic mass is 16.6. The molecule has 2 aromatic rings. The second-order valence-corrected chi connectivity index (χ2v) is 6.34. The average Bonchev–Trinajstić information content (AvgIpc) is 2.72. The van der Waals surface area contributed by atoms with Gasteiger partial charge in [-0.25, -0.2) is 9.59 Å². The minimum atomic E-state index is -0.784. The van der Waals surface area contributed by atoms with E-state index < -0.39 is 23.0 Å². The van der Waals surface area contributed by atoms with E-state index in [2.05, 4.69) is 10.6 Å². The highest BCUT2D eigenvalue weighted by molar-refractivity contribution is 5.95. The maximum Gasteiger partial charge on any atom is 0.338 e. The van der Waals surface area contributed by atoms with Crippen LogP contribution in [-0.4, -0.2) is 24.0 Å². The van der Waals surface area contributed by atoms with Gasteiger partial charge in [0.2, 0.25) is 0 Å². The molecule has 1 unspecified atom stereocenters. The molecule has 0 bridgehead atoms. The van der Waals surface area contributed by atoms with E-state index in [0.29, 0.717) is 17.0 Å². The summed E-state index contributed by atoms with van der Waals surface area (Å²) < 4.78 is 10.5. The van der Waals surface area contributed by atoms with Crippen LogP contribution in [0.2, 0.25) is 0 Å². The van der Waals surface area contributed by atoms with E-state index >= 15 is 0 Å². The number of nitro groups is 1. The number of nitrogens with zero attached hydrogens (tertiary/aromatic N) is 1. The summed E-state index contributed by atoms with van der Waals surface area (Å²) in [5, 5.41) is 16.1. The molecule has 9 nitrogen and oxygen atoms in total. The topological polar surface area (TPSA) is 120 Å². The molecule has 0 saturated carbocycles. The lowest BCUT2D eigenvalue weighted by atomic mass is 9.95. The first-order chi connectivity index (χ1) is 13.9. The molecular formula is C20H19N3O6. The number of hydrogen-bond donors (Lipinski definition) is 2. The molecule has 29 heavy (non-hydrogen) atoms. The Morgan fingerprint density at radius 3 is 2.38 bits per heavy atom. The predicted molar refractivity (Wildman–Crippen MR) is 103 cm³/mol. The molecule has 1 aliphatic heterocycles. The Morgan fingerprint density at radius 1 is 1.14 bits per heavy atom. The zero-order chi connectivity index (χ0) is 21.0. The number of esters is 1. The number of rotatable bonds is 6. The number of benzene rings is 2. The van der Waals surface area contributed by atoms with Crippen molar-refractivity contribution in [2.24, 2.45) is 0 Å². The highest BCUT2D eigenvalue weighted by Crippen LogP contribution is 2.29. The fraction of sp³-hybridized carbons (Fsp3) is 0.200. The van der Waals surface area contributed by atoms with Gasteiger partial charge in [0.1, 0.15) is 12.4 Å². The Labute approximate surface area is 166 Å². The number of ether oxygens (including phenoxy) is 2. The molecule has 0 spiro atoms. The number of urea groups is 1. The molecule has 2 amide bonds. The molecule has 1 atom stereocenters. The number of hydrogen-bond acceptors (Lipinski definition) is 6. The molecule has 9 heteroatoms. The van der Waals surface area contributed by atoms with Gasteiger partial charge >= 0.3 is 12.0 Å². The van der Waals surface area contributed by atoms with Gasteiger partial charge in [0.05, 0.1) is 23.6 Å². The van der Waals surface area contributed by atoms with Gasteiger partial charge in [0, 0.05) is 17.8 Å². The van der Waals surface area contributed by atoms with Crippen LogP contribution in [0.15, 0.2) is 59.8 Å². The number of non-ortho nitro benzene ring substituents is 1. The second-order valence-electron chi connectivity index (χ2n) is 6.34. The summed E-state index contributed by atoms with van der Waals surface area (Å²) in [6.45, 7) is 1.64. The maximum atomic E-state index is 12.8. The molecule has 0 aromatic heterocycles. The van der Waals surface area contributed by atoms with Crippen molar-refractivity contribution in [1.29, 1.82) is 0 Å². The first-order valence-corrected chi connectivity index (χ1v) is 8.71. The summed E-state index contributed by atoms with van der Waals surface area (Å²) in [4.78, 5) is 35.0. The quantitative estimate of drug-likeness (QED) is 0.439. The van der Waals surface area contributed by atoms with Gasteiger partial charge < -0.3 is 20.1 Å². The second kappa shape index (κ2) is 8.42. The van der Waals surface area contributed by atoms with Crippen LogP contribution in [0.1, 0.15) is 24.1 Å². The summed E-state index contributed by atoms with van der Waals surface area (Å²) in [5.74, 6) is 0.0882. The number of carbonyl (C=O) groups excluding carboxylic acids is 2. The van der Waals surface area contributed by atoms with Crippen molar-refractivity contribution in [2.45, 2.75) is 19.6 Å². The minimum absolute atomic E-state index is 0.0422. The summed E-state index contributed by atoms with van der Waals surface area (Å²) in [6.07, 6.45) is 0. The Balaban J connectivity index is 1.80. The van der Waals surface area contributed by atoms with E-state index in [1.807, 2.05) is 0 Å². The molecule has 3 rings (SSSR count). The van der Waals surface area contributed by atoms with Gasteiger partial charge in [-0.15, -0.1) is 0 Å². The predicted octanol–water partition coefficient (Wildman–Crippen LogP) is 2.97. The van der Waals surface area contributed by atoms with Gasteiger partial charge in [-0.2, -0.15) is 0 Å². The van der Waals surface area contributed by atoms with E-state index in [1.165, 1.54) is 24.3 Å². The van der Waals surface area contributed by atoms with Gasteiger partial charge in [0.15, 0.2) is 0 Å². The number of carbonyl (C=O) groups is 2. The Hall–Kier alpha value is -3.88. The van der Waals surface area contributed by atoms with E-state index in [-0.39, 0.29) is 17.9 Å². The molecule has 2 aromatic carbocycles. The summed E-state index contributed by atoms with van der Waals surface area (Å²) in [7, 11) is 1.56. The summed E-state index contributed by atoms with van der Waals surface area (Å²) in [5.41, 5.74) is 1.81. The normalized spacial score (nSPS) is 15.9. The van der Waals surface area contributed by atoms with E-state index in [1.54, 1.807) is 38.3 Å². The van der Waals surface area contributed by atoms with Gasteiger partial charge in [-0.05, 0) is 42.3 Å². The number of nitro benzene ring substituents is 1. The average molecular weight is 397 g/mol. The van der Waals surface area contributed by atoms with Gasteiger partial charge in [-0.3, -0.25) is 10.1 Å². The van der Waals surface area contributed by atoms with E-state index in [0.717, 1.165) is 5.56 Å². The van der Waals surface area contributed by atoms with Crippen molar-refractivity contribution in [3.05, 3.63) is 81.0 Å². The molecule has 0 fully saturated rings. The standard InChI is InChI=1S/C20H19N3O6/c1-12-17(19(24)29-11-13-3-9-16(28-2)10-4-13)18(22-20(25)21-12)14-5-7-15(8-6-14)23(26)27/h3-10,18H,11H2,1-2H3,(H2,21,22,25). The van der Waals surface area contributed by atoms with E-state index in [9.17, 15) is 19.7 Å². The third kappa shape index (κ3) is 4.52.